The molecule has 112 valence electrons. The van der Waals surface area contributed by atoms with Crippen LogP contribution in [0.2, 0.25) is 0 Å². The zero-order valence-corrected chi connectivity index (χ0v) is 12.0. The summed E-state index contributed by atoms with van der Waals surface area (Å²) in [6.07, 6.45) is -0.469. The van der Waals surface area contributed by atoms with Crippen molar-refractivity contribution in [2.24, 2.45) is 0 Å². The lowest BCUT2D eigenvalue weighted by Crippen LogP contribution is -2.47. The van der Waals surface area contributed by atoms with Crippen LogP contribution in [0.1, 0.15) is 6.92 Å². The van der Waals surface area contributed by atoms with Crippen molar-refractivity contribution in [3.05, 3.63) is 24.3 Å². The van der Waals surface area contributed by atoms with Crippen molar-refractivity contribution in [2.75, 3.05) is 45.9 Å². The van der Waals surface area contributed by atoms with E-state index in [-0.39, 0.29) is 0 Å². The Kier molecular flexibility index (Phi) is 6.11. The van der Waals surface area contributed by atoms with Crippen LogP contribution >= 0.6 is 0 Å². The topological polar surface area (TPSA) is 54.0 Å². The number of nitrogens with zero attached hydrogens (tertiary/aromatic N) is 1. The summed E-state index contributed by atoms with van der Waals surface area (Å²) in [5.74, 6) is 1.52. The molecule has 1 heterocycles. The number of aliphatic hydroxyl groups is 1. The number of rotatable bonds is 7. The van der Waals surface area contributed by atoms with E-state index in [4.69, 9.17) is 9.47 Å². The molecule has 5 heteroatoms. The fourth-order valence-corrected chi connectivity index (χ4v) is 2.26. The van der Waals surface area contributed by atoms with Gasteiger partial charge in [-0.05, 0) is 19.1 Å². The van der Waals surface area contributed by atoms with Gasteiger partial charge in [0.25, 0.3) is 0 Å². The number of piperazine rings is 1. The van der Waals surface area contributed by atoms with E-state index in [1.54, 1.807) is 0 Å². The van der Waals surface area contributed by atoms with Gasteiger partial charge >= 0.3 is 0 Å². The van der Waals surface area contributed by atoms with Gasteiger partial charge in [0.2, 0.25) is 0 Å². The molecule has 2 N–H and O–H groups in total. The fraction of sp³-hybridized carbons (Fsp3) is 0.600. The molecule has 1 aromatic carbocycles. The number of ether oxygens (including phenoxy) is 2. The highest BCUT2D eigenvalue weighted by molar-refractivity contribution is 5.32. The second-order valence-electron chi connectivity index (χ2n) is 4.92. The molecular formula is C15H24N2O3. The third kappa shape index (κ3) is 5.00. The summed E-state index contributed by atoms with van der Waals surface area (Å²) in [7, 11) is 0. The van der Waals surface area contributed by atoms with Crippen molar-refractivity contribution < 1.29 is 14.6 Å². The SMILES string of the molecule is CCOc1cccc(OCC(O)CN2CCNCC2)c1. The second-order valence-corrected chi connectivity index (χ2v) is 4.92. The minimum absolute atomic E-state index is 0.305. The molecule has 1 atom stereocenters. The lowest BCUT2D eigenvalue weighted by molar-refractivity contribution is 0.0640. The van der Waals surface area contributed by atoms with Crippen molar-refractivity contribution in [1.29, 1.82) is 0 Å². The van der Waals surface area contributed by atoms with Gasteiger partial charge in [0.15, 0.2) is 0 Å². The average molecular weight is 280 g/mol. The Morgan fingerprint density at radius 3 is 2.65 bits per heavy atom. The first-order chi connectivity index (χ1) is 9.78. The van der Waals surface area contributed by atoms with Gasteiger partial charge in [-0.25, -0.2) is 0 Å². The van der Waals surface area contributed by atoms with Gasteiger partial charge < -0.3 is 19.9 Å². The quantitative estimate of drug-likeness (QED) is 0.771. The predicted molar refractivity (Wildman–Crippen MR) is 78.4 cm³/mol. The molecule has 1 fully saturated rings. The normalized spacial score (nSPS) is 17.7. The second kappa shape index (κ2) is 8.09. The van der Waals surface area contributed by atoms with E-state index in [0.717, 1.165) is 37.7 Å². The Bertz CT molecular complexity index is 394. The molecular weight excluding hydrogens is 256 g/mol. The summed E-state index contributed by atoms with van der Waals surface area (Å²) in [4.78, 5) is 2.25. The van der Waals surface area contributed by atoms with Gasteiger partial charge in [0.05, 0.1) is 6.61 Å². The van der Waals surface area contributed by atoms with Crippen LogP contribution in [0.4, 0.5) is 0 Å². The molecule has 0 aliphatic carbocycles. The van der Waals surface area contributed by atoms with Crippen LogP contribution in [0.5, 0.6) is 11.5 Å². The number of hydrogen-bond acceptors (Lipinski definition) is 5. The molecule has 5 nitrogen and oxygen atoms in total. The Balaban J connectivity index is 1.74. The molecule has 0 spiro atoms. The molecule has 0 aromatic heterocycles. The van der Waals surface area contributed by atoms with E-state index in [2.05, 4.69) is 10.2 Å². The molecule has 0 saturated carbocycles. The van der Waals surface area contributed by atoms with Gasteiger partial charge in [-0.3, -0.25) is 4.90 Å². The Morgan fingerprint density at radius 2 is 1.95 bits per heavy atom. The first-order valence-electron chi connectivity index (χ1n) is 7.24. The van der Waals surface area contributed by atoms with Crippen molar-refractivity contribution in [2.45, 2.75) is 13.0 Å². The van der Waals surface area contributed by atoms with Gasteiger partial charge in [0, 0.05) is 38.8 Å². The lowest BCUT2D eigenvalue weighted by Gasteiger charge is -2.29. The summed E-state index contributed by atoms with van der Waals surface area (Å²) < 4.78 is 11.0. The lowest BCUT2D eigenvalue weighted by atomic mass is 10.3. The van der Waals surface area contributed by atoms with Crippen molar-refractivity contribution >= 4 is 0 Å². The summed E-state index contributed by atoms with van der Waals surface area (Å²) in [6, 6.07) is 7.51. The molecule has 0 bridgehead atoms. The summed E-state index contributed by atoms with van der Waals surface area (Å²) in [5.41, 5.74) is 0. The van der Waals surface area contributed by atoms with Crippen molar-refractivity contribution in [3.63, 3.8) is 0 Å². The highest BCUT2D eigenvalue weighted by Crippen LogP contribution is 2.19. The molecule has 1 aliphatic rings. The third-order valence-corrected chi connectivity index (χ3v) is 3.24. The van der Waals surface area contributed by atoms with Gasteiger partial charge in [-0.1, -0.05) is 6.07 Å². The highest BCUT2D eigenvalue weighted by atomic mass is 16.5. The van der Waals surface area contributed by atoms with E-state index in [1.807, 2.05) is 31.2 Å². The molecule has 1 saturated heterocycles. The summed E-state index contributed by atoms with van der Waals surface area (Å²) in [5, 5.41) is 13.3. The largest absolute Gasteiger partial charge is 0.494 e. The summed E-state index contributed by atoms with van der Waals surface area (Å²) >= 11 is 0. The van der Waals surface area contributed by atoms with Crippen LogP contribution in [0, 0.1) is 0 Å². The maximum absolute atomic E-state index is 10.0. The maximum atomic E-state index is 10.0. The van der Waals surface area contributed by atoms with E-state index >= 15 is 0 Å². The smallest absolute Gasteiger partial charge is 0.123 e. The highest BCUT2D eigenvalue weighted by Gasteiger charge is 2.14. The van der Waals surface area contributed by atoms with Crippen LogP contribution in [0.3, 0.4) is 0 Å². The van der Waals surface area contributed by atoms with Gasteiger partial charge in [0.1, 0.15) is 24.2 Å². The molecule has 20 heavy (non-hydrogen) atoms. The summed E-state index contributed by atoms with van der Waals surface area (Å²) in [6.45, 7) is 7.49. The predicted octanol–water partition coefficient (Wildman–Crippen LogP) is 0.730. The fourth-order valence-electron chi connectivity index (χ4n) is 2.26. The van der Waals surface area contributed by atoms with Crippen LogP contribution in [0.25, 0.3) is 0 Å². The first kappa shape index (κ1) is 15.1. The van der Waals surface area contributed by atoms with Gasteiger partial charge in [-0.15, -0.1) is 0 Å². The van der Waals surface area contributed by atoms with E-state index < -0.39 is 6.10 Å². The number of aliphatic hydroxyl groups excluding tert-OH is 1. The van der Waals surface area contributed by atoms with Crippen LogP contribution in [0.15, 0.2) is 24.3 Å². The van der Waals surface area contributed by atoms with Crippen LogP contribution < -0.4 is 14.8 Å². The minimum atomic E-state index is -0.469. The number of β-amino-alcohol motifs (C(OH)–C–C–N with tert-alkyl or cyclic N) is 1. The molecule has 1 aliphatic heterocycles. The number of nitrogens with one attached hydrogen (secondary N) is 1. The maximum Gasteiger partial charge on any atom is 0.123 e. The van der Waals surface area contributed by atoms with Crippen molar-refractivity contribution in [3.8, 4) is 11.5 Å². The van der Waals surface area contributed by atoms with Crippen LogP contribution in [-0.4, -0.2) is 62.0 Å². The zero-order valence-electron chi connectivity index (χ0n) is 12.0. The Labute approximate surface area is 120 Å². The average Bonchev–Trinajstić information content (AvgIpc) is 2.47. The van der Waals surface area contributed by atoms with E-state index in [0.29, 0.717) is 19.8 Å². The first-order valence-corrected chi connectivity index (χ1v) is 7.24. The zero-order chi connectivity index (χ0) is 14.2. The van der Waals surface area contributed by atoms with Crippen molar-refractivity contribution in [1.82, 2.24) is 10.2 Å². The van der Waals surface area contributed by atoms with E-state index in [1.165, 1.54) is 0 Å². The van der Waals surface area contributed by atoms with E-state index in [9.17, 15) is 5.11 Å². The minimum Gasteiger partial charge on any atom is -0.494 e. The Morgan fingerprint density at radius 1 is 1.25 bits per heavy atom. The third-order valence-electron chi connectivity index (χ3n) is 3.24. The molecule has 1 aromatic rings. The standard InChI is InChI=1S/C15H24N2O3/c1-2-19-14-4-3-5-15(10-14)20-12-13(18)11-17-8-6-16-7-9-17/h3-5,10,13,16,18H,2,6-9,11-12H2,1H3. The number of hydrogen-bond donors (Lipinski definition) is 2. The molecule has 2 rings (SSSR count). The monoisotopic (exact) mass is 280 g/mol. The molecule has 1 unspecified atom stereocenters. The van der Waals surface area contributed by atoms with Crippen LogP contribution in [-0.2, 0) is 0 Å². The molecule has 0 radical (unpaired) electrons. The number of benzene rings is 1. The molecule has 0 amide bonds. The van der Waals surface area contributed by atoms with Gasteiger partial charge in [-0.2, -0.15) is 0 Å². The Hall–Kier alpha value is -1.30.